The third kappa shape index (κ3) is 4.81. The molecule has 0 radical (unpaired) electrons. The van der Waals surface area contributed by atoms with Gasteiger partial charge in [-0.25, -0.2) is 0 Å². The van der Waals surface area contributed by atoms with E-state index >= 15 is 0 Å². The summed E-state index contributed by atoms with van der Waals surface area (Å²) < 4.78 is 21.1. The summed E-state index contributed by atoms with van der Waals surface area (Å²) >= 11 is 0. The van der Waals surface area contributed by atoms with Crippen molar-refractivity contribution in [1.29, 1.82) is 0 Å². The van der Waals surface area contributed by atoms with Gasteiger partial charge in [-0.2, -0.15) is 0 Å². The van der Waals surface area contributed by atoms with Gasteiger partial charge in [-0.15, -0.1) is 0 Å². The van der Waals surface area contributed by atoms with Crippen LogP contribution in [0, 0.1) is 11.8 Å². The monoisotopic (exact) mass is 410 g/mol. The molecule has 28 heavy (non-hydrogen) atoms. The predicted molar refractivity (Wildman–Crippen MR) is 90.5 cm³/mol. The normalized spacial score (nSPS) is 42.6. The third-order valence-electron chi connectivity index (χ3n) is 5.22. The van der Waals surface area contributed by atoms with E-state index in [2.05, 4.69) is 0 Å². The zero-order valence-corrected chi connectivity index (χ0v) is 16.0. The van der Waals surface area contributed by atoms with Crippen molar-refractivity contribution in [2.45, 2.75) is 76.1 Å². The Kier molecular flexibility index (Phi) is 8.14. The van der Waals surface area contributed by atoms with Crippen LogP contribution in [0.2, 0.25) is 0 Å². The highest BCUT2D eigenvalue weighted by atomic mass is 16.7. The zero-order valence-electron chi connectivity index (χ0n) is 16.0. The molecule has 2 rings (SSSR count). The molecule has 0 aliphatic carbocycles. The molecule has 2 saturated heterocycles. The van der Waals surface area contributed by atoms with E-state index in [9.17, 15) is 30.3 Å². The van der Waals surface area contributed by atoms with Gasteiger partial charge in [0.1, 0.15) is 42.7 Å². The van der Waals surface area contributed by atoms with Crippen LogP contribution < -0.4 is 0 Å². The minimum absolute atomic E-state index is 0.0292. The van der Waals surface area contributed by atoms with Crippen LogP contribution in [0.15, 0.2) is 0 Å². The van der Waals surface area contributed by atoms with Gasteiger partial charge >= 0.3 is 5.97 Å². The van der Waals surface area contributed by atoms with Crippen LogP contribution in [0.25, 0.3) is 0 Å². The Morgan fingerprint density at radius 2 is 1.39 bits per heavy atom. The summed E-state index contributed by atoms with van der Waals surface area (Å²) in [6.07, 6.45) is -13.0. The van der Waals surface area contributed by atoms with Crippen molar-refractivity contribution in [2.75, 3.05) is 13.2 Å². The minimum atomic E-state index is -1.66. The summed E-state index contributed by atoms with van der Waals surface area (Å²) in [5.74, 6) is -1.16. The Morgan fingerprint density at radius 3 is 1.89 bits per heavy atom. The van der Waals surface area contributed by atoms with E-state index < -0.39 is 80.4 Å². The summed E-state index contributed by atoms with van der Waals surface area (Å²) in [6, 6.07) is 0. The summed E-state index contributed by atoms with van der Waals surface area (Å²) in [4.78, 5) is 12.2. The summed E-state index contributed by atoms with van der Waals surface area (Å²) in [5, 5.41) is 59.2. The predicted octanol–water partition coefficient (Wildman–Crippen LogP) is -2.92. The highest BCUT2D eigenvalue weighted by Crippen LogP contribution is 2.30. The Bertz CT molecular complexity index is 515. The van der Waals surface area contributed by atoms with Crippen LogP contribution in [0.5, 0.6) is 0 Å². The van der Waals surface area contributed by atoms with Gasteiger partial charge in [0.15, 0.2) is 6.29 Å². The first-order valence-electron chi connectivity index (χ1n) is 9.23. The second-order valence-corrected chi connectivity index (χ2v) is 7.48. The lowest BCUT2D eigenvalue weighted by atomic mass is 9.97. The number of ether oxygens (including phenoxy) is 4. The quantitative estimate of drug-likeness (QED) is 0.237. The van der Waals surface area contributed by atoms with Gasteiger partial charge in [-0.3, -0.25) is 4.79 Å². The van der Waals surface area contributed by atoms with Crippen LogP contribution in [0.4, 0.5) is 0 Å². The van der Waals surface area contributed by atoms with Crippen molar-refractivity contribution in [3.05, 3.63) is 0 Å². The van der Waals surface area contributed by atoms with Crippen molar-refractivity contribution in [3.63, 3.8) is 0 Å². The topological polar surface area (TPSA) is 175 Å². The van der Waals surface area contributed by atoms with Crippen LogP contribution in [-0.2, 0) is 23.7 Å². The molecule has 10 atom stereocenters. The molecule has 0 spiro atoms. The van der Waals surface area contributed by atoms with E-state index in [1.165, 1.54) is 0 Å². The third-order valence-corrected chi connectivity index (χ3v) is 5.22. The number of hydrogen-bond donors (Lipinski definition) is 6. The molecule has 164 valence electrons. The molecule has 0 aromatic heterocycles. The fraction of sp³-hybridized carbons (Fsp3) is 0.941. The average Bonchev–Trinajstić information content (AvgIpc) is 2.94. The van der Waals surface area contributed by atoms with Gasteiger partial charge in [0.05, 0.1) is 19.1 Å². The van der Waals surface area contributed by atoms with Gasteiger partial charge in [0.25, 0.3) is 0 Å². The first-order valence-corrected chi connectivity index (χ1v) is 9.23. The summed E-state index contributed by atoms with van der Waals surface area (Å²) in [5.41, 5.74) is 0. The Morgan fingerprint density at radius 1 is 0.857 bits per heavy atom. The van der Waals surface area contributed by atoms with Crippen LogP contribution in [0.1, 0.15) is 20.8 Å². The number of aliphatic hydroxyl groups excluding tert-OH is 6. The Hall–Kier alpha value is -0.890. The molecule has 2 fully saturated rings. The molecule has 2 heterocycles. The molecule has 11 heteroatoms. The first kappa shape index (κ1) is 23.4. The van der Waals surface area contributed by atoms with Crippen molar-refractivity contribution >= 4 is 5.97 Å². The molecule has 0 saturated carbocycles. The molecule has 2 aliphatic rings. The molecular formula is C17H30O11. The van der Waals surface area contributed by atoms with Crippen LogP contribution in [0.3, 0.4) is 0 Å². The lowest BCUT2D eigenvalue weighted by Gasteiger charge is -2.42. The minimum Gasteiger partial charge on any atom is -0.433 e. The molecule has 0 amide bonds. The van der Waals surface area contributed by atoms with E-state index in [0.29, 0.717) is 0 Å². The number of carbonyl (C=O) groups excluding carboxylic acids is 1. The number of rotatable bonds is 7. The highest BCUT2D eigenvalue weighted by molar-refractivity contribution is 5.72. The fourth-order valence-corrected chi connectivity index (χ4v) is 2.94. The lowest BCUT2D eigenvalue weighted by Crippen LogP contribution is -2.61. The second-order valence-electron chi connectivity index (χ2n) is 7.48. The number of aliphatic hydroxyl groups is 6. The van der Waals surface area contributed by atoms with E-state index in [1.807, 2.05) is 13.8 Å². The van der Waals surface area contributed by atoms with Crippen molar-refractivity contribution in [1.82, 2.24) is 0 Å². The van der Waals surface area contributed by atoms with E-state index in [-0.39, 0.29) is 5.92 Å². The van der Waals surface area contributed by atoms with E-state index in [4.69, 9.17) is 24.1 Å². The van der Waals surface area contributed by atoms with Gasteiger partial charge in [0.2, 0.25) is 6.29 Å². The Labute approximate surface area is 162 Å². The van der Waals surface area contributed by atoms with Crippen molar-refractivity contribution < 1.29 is 54.4 Å². The maximum atomic E-state index is 12.2. The fourth-order valence-electron chi connectivity index (χ4n) is 2.94. The Balaban J connectivity index is 2.12. The highest BCUT2D eigenvalue weighted by Gasteiger charge is 2.51. The largest absolute Gasteiger partial charge is 0.433 e. The summed E-state index contributed by atoms with van der Waals surface area (Å²) in [7, 11) is 0. The van der Waals surface area contributed by atoms with Crippen molar-refractivity contribution in [2.24, 2.45) is 11.8 Å². The number of carbonyl (C=O) groups is 1. The second kappa shape index (κ2) is 9.74. The molecule has 0 aromatic rings. The van der Waals surface area contributed by atoms with Gasteiger partial charge in [0, 0.05) is 0 Å². The van der Waals surface area contributed by atoms with Crippen LogP contribution >= 0.6 is 0 Å². The SMILES string of the molecule is CC(C)[C@@H](C)C(=O)O[C@@H]1O[C@@H](CO)[C@@H](O)[C@@H](O[C@H]2O[C@@H](CO)[C@@H](O)[C@H]2O)[C@H]1O. The maximum Gasteiger partial charge on any atom is 0.311 e. The zero-order chi connectivity index (χ0) is 21.2. The van der Waals surface area contributed by atoms with E-state index in [0.717, 1.165) is 0 Å². The van der Waals surface area contributed by atoms with E-state index in [1.54, 1.807) is 6.92 Å². The molecular weight excluding hydrogens is 380 g/mol. The van der Waals surface area contributed by atoms with Crippen molar-refractivity contribution in [3.8, 4) is 0 Å². The smallest absolute Gasteiger partial charge is 0.311 e. The standard InChI is InChI=1S/C17H30O11/c1-6(2)7(3)15(24)28-17-13(23)14(11(21)9(5-19)26-17)27-16-12(22)10(20)8(4-18)25-16/h6-14,16-23H,4-5H2,1-3H3/t7-,8+,9+,10-,11-,12-,13-,14-,16-,17+/m1/s1. The molecule has 0 unspecified atom stereocenters. The number of hydrogen-bond acceptors (Lipinski definition) is 11. The maximum absolute atomic E-state index is 12.2. The molecule has 11 nitrogen and oxygen atoms in total. The lowest BCUT2D eigenvalue weighted by molar-refractivity contribution is -0.324. The van der Waals surface area contributed by atoms with Crippen LogP contribution in [-0.4, -0.2) is 105 Å². The average molecular weight is 410 g/mol. The molecule has 6 N–H and O–H groups in total. The van der Waals surface area contributed by atoms with Gasteiger partial charge in [-0.05, 0) is 5.92 Å². The molecule has 2 aliphatic heterocycles. The first-order chi connectivity index (χ1) is 13.1. The molecule has 0 aromatic carbocycles. The summed E-state index contributed by atoms with van der Waals surface area (Å²) in [6.45, 7) is 4.05. The number of esters is 1. The van der Waals surface area contributed by atoms with Gasteiger partial charge in [-0.1, -0.05) is 20.8 Å². The van der Waals surface area contributed by atoms with Gasteiger partial charge < -0.3 is 49.6 Å². The molecule has 0 bridgehead atoms.